The van der Waals surface area contributed by atoms with Gasteiger partial charge in [0.1, 0.15) is 11.7 Å². The van der Waals surface area contributed by atoms with Gasteiger partial charge in [0.05, 0.1) is 28.6 Å². The lowest BCUT2D eigenvalue weighted by Gasteiger charge is -2.36. The lowest BCUT2D eigenvalue weighted by Crippen LogP contribution is -2.45. The van der Waals surface area contributed by atoms with Gasteiger partial charge in [-0.05, 0) is 77.8 Å². The maximum atomic E-state index is 13.2. The Kier molecular flexibility index (Phi) is 10.5. The van der Waals surface area contributed by atoms with Crippen LogP contribution in [0, 0.1) is 11.8 Å². The number of fused-ring (bicyclic) bond motifs is 2. The zero-order chi connectivity index (χ0) is 40.7. The van der Waals surface area contributed by atoms with E-state index in [0.717, 1.165) is 72.6 Å². The van der Waals surface area contributed by atoms with Crippen molar-refractivity contribution >= 4 is 57.1 Å². The van der Waals surface area contributed by atoms with Crippen molar-refractivity contribution in [2.45, 2.75) is 45.7 Å². The van der Waals surface area contributed by atoms with E-state index in [9.17, 15) is 14.4 Å². The van der Waals surface area contributed by atoms with Gasteiger partial charge in [0.15, 0.2) is 11.5 Å². The van der Waals surface area contributed by atoms with Crippen LogP contribution in [-0.4, -0.2) is 73.7 Å². The van der Waals surface area contributed by atoms with Crippen molar-refractivity contribution in [3.8, 4) is 11.1 Å². The van der Waals surface area contributed by atoms with Crippen LogP contribution >= 0.6 is 0 Å². The van der Waals surface area contributed by atoms with E-state index >= 15 is 0 Å². The van der Waals surface area contributed by atoms with Gasteiger partial charge < -0.3 is 21.3 Å². The molecule has 3 atom stereocenters. The highest BCUT2D eigenvalue weighted by molar-refractivity contribution is 6.00. The fraction of sp³-hybridized carbons (Fsp3) is 0.341. The fourth-order valence-corrected chi connectivity index (χ4v) is 7.90. The van der Waals surface area contributed by atoms with Crippen molar-refractivity contribution in [3.63, 3.8) is 0 Å². The molecule has 1 saturated carbocycles. The Balaban J connectivity index is 0.000000873. The second-order valence-electron chi connectivity index (χ2n) is 15.8. The molecule has 2 amide bonds. The molecule has 3 aromatic carbocycles. The molecule has 6 aromatic rings. The van der Waals surface area contributed by atoms with Gasteiger partial charge in [0.25, 0.3) is 0 Å². The Morgan fingerprint density at radius 1 is 0.931 bits per heavy atom. The van der Waals surface area contributed by atoms with E-state index in [1.807, 2.05) is 37.4 Å². The minimum Gasteiger partial charge on any atom is -0.397 e. The second kappa shape index (κ2) is 15.9. The van der Waals surface area contributed by atoms with Gasteiger partial charge in [0.2, 0.25) is 11.8 Å². The van der Waals surface area contributed by atoms with E-state index in [4.69, 9.17) is 10.8 Å². The fourth-order valence-electron chi connectivity index (χ4n) is 7.90. The van der Waals surface area contributed by atoms with Gasteiger partial charge >= 0.3 is 5.69 Å². The molecule has 3 aromatic heterocycles. The summed E-state index contributed by atoms with van der Waals surface area (Å²) in [6.45, 7) is 13.0. The molecule has 300 valence electrons. The number of imidazole rings is 2. The van der Waals surface area contributed by atoms with Crippen molar-refractivity contribution in [1.29, 1.82) is 0 Å². The summed E-state index contributed by atoms with van der Waals surface area (Å²) in [7, 11) is 3.56. The number of benzene rings is 3. The molecule has 2 saturated heterocycles. The number of imide groups is 1. The van der Waals surface area contributed by atoms with Gasteiger partial charge in [-0.15, -0.1) is 5.10 Å². The molecule has 2 aliphatic heterocycles. The quantitative estimate of drug-likeness (QED) is 0.134. The van der Waals surface area contributed by atoms with Gasteiger partial charge in [0, 0.05) is 70.7 Å². The molecule has 3 fully saturated rings. The van der Waals surface area contributed by atoms with Crippen LogP contribution in [0.1, 0.15) is 50.4 Å². The topological polar surface area (TPSA) is 160 Å². The van der Waals surface area contributed by atoms with Gasteiger partial charge in [-0.2, -0.15) is 0 Å². The van der Waals surface area contributed by atoms with E-state index in [-0.39, 0.29) is 18.0 Å². The summed E-state index contributed by atoms with van der Waals surface area (Å²) < 4.78 is 4.77. The van der Waals surface area contributed by atoms with Crippen molar-refractivity contribution in [3.05, 3.63) is 107 Å². The van der Waals surface area contributed by atoms with Crippen LogP contribution in [0.15, 0.2) is 90.4 Å². The highest BCUT2D eigenvalue weighted by Crippen LogP contribution is 2.36. The molecule has 58 heavy (non-hydrogen) atoms. The number of hydrogen-bond donors (Lipinski definition) is 4. The molecular weight excluding hydrogens is 731 g/mol. The lowest BCUT2D eigenvalue weighted by molar-refractivity contribution is -0.135. The number of carbonyl (C=O) groups excluding carboxylic acids is 2. The molecule has 5 N–H and O–H groups in total. The summed E-state index contributed by atoms with van der Waals surface area (Å²) in [4.78, 5) is 46.8. The molecule has 14 heteroatoms. The third kappa shape index (κ3) is 7.79. The Labute approximate surface area is 337 Å². The number of rotatable bonds is 9. The largest absolute Gasteiger partial charge is 0.397 e. The third-order valence-electron chi connectivity index (χ3n) is 11.7. The number of nitrogens with two attached hydrogens (primary N) is 1. The summed E-state index contributed by atoms with van der Waals surface area (Å²) in [5.74, 6) is 2.02. The summed E-state index contributed by atoms with van der Waals surface area (Å²) in [5.41, 5.74) is 15.0. The number of piperazine rings is 1. The summed E-state index contributed by atoms with van der Waals surface area (Å²) in [6, 6.07) is 24.0. The number of aromatic nitrogens is 5. The van der Waals surface area contributed by atoms with E-state index in [0.29, 0.717) is 34.8 Å². The Bertz CT molecular complexity index is 2570. The molecule has 0 radical (unpaired) electrons. The van der Waals surface area contributed by atoms with Crippen molar-refractivity contribution < 1.29 is 9.59 Å². The van der Waals surface area contributed by atoms with Crippen LogP contribution in [0.4, 0.5) is 22.9 Å². The average Bonchev–Trinajstić information content (AvgIpc) is 3.57. The lowest BCUT2D eigenvalue weighted by atomic mass is 10.0. The standard InChI is InChI=1S/C39H41N11O3.C5H10/c1-24(40)34-22-42-37-30(41-2)21-35(45-50(34)37)43-28-6-4-5-25(19-28)23-47-15-17-48(18-16-47)29-10-7-26(8-11-29)27-9-12-31-33(20-27)46(3)39(53)49(31)32-13-14-36(51)44-38(32)52;1-4-3-5(4)2/h4-12,19-22,32,41H,1,13-18,23,40H2,2-3H3,(H,43,45)(H,44,51,52);4-5H,3H2,1-2H3/t;4-,5+. The maximum absolute atomic E-state index is 13.2. The molecule has 0 spiro atoms. The van der Waals surface area contributed by atoms with E-state index < -0.39 is 11.9 Å². The maximum Gasteiger partial charge on any atom is 0.329 e. The number of hydrogen-bond acceptors (Lipinski definition) is 10. The molecule has 14 nitrogen and oxygen atoms in total. The zero-order valence-electron chi connectivity index (χ0n) is 33.5. The Hall–Kier alpha value is -6.41. The van der Waals surface area contributed by atoms with Crippen LogP contribution < -0.4 is 32.3 Å². The first-order chi connectivity index (χ1) is 28.0. The molecule has 5 heterocycles. The third-order valence-corrected chi connectivity index (χ3v) is 11.7. The first kappa shape index (κ1) is 38.5. The van der Waals surface area contributed by atoms with Crippen LogP contribution in [0.5, 0.6) is 0 Å². The predicted octanol–water partition coefficient (Wildman–Crippen LogP) is 5.73. The van der Waals surface area contributed by atoms with E-state index in [1.54, 1.807) is 22.3 Å². The van der Waals surface area contributed by atoms with Crippen LogP contribution in [-0.2, 0) is 23.2 Å². The second-order valence-corrected chi connectivity index (χ2v) is 15.8. The number of carbonyl (C=O) groups is 2. The first-order valence-electron chi connectivity index (χ1n) is 20.0. The van der Waals surface area contributed by atoms with Gasteiger partial charge in [-0.1, -0.05) is 50.8 Å². The van der Waals surface area contributed by atoms with E-state index in [1.165, 1.54) is 22.2 Å². The van der Waals surface area contributed by atoms with Crippen LogP contribution in [0.3, 0.4) is 0 Å². The predicted molar refractivity (Wildman–Crippen MR) is 230 cm³/mol. The van der Waals surface area contributed by atoms with Crippen LogP contribution in [0.25, 0.3) is 33.5 Å². The number of nitrogens with zero attached hydrogens (tertiary/aromatic N) is 7. The van der Waals surface area contributed by atoms with Crippen molar-refractivity contribution in [2.75, 3.05) is 48.8 Å². The number of amides is 2. The smallest absolute Gasteiger partial charge is 0.329 e. The van der Waals surface area contributed by atoms with Crippen molar-refractivity contribution in [1.82, 2.24) is 33.9 Å². The van der Waals surface area contributed by atoms with Crippen molar-refractivity contribution in [2.24, 2.45) is 24.6 Å². The van der Waals surface area contributed by atoms with Gasteiger partial charge in [-0.3, -0.25) is 28.9 Å². The van der Waals surface area contributed by atoms with Gasteiger partial charge in [-0.25, -0.2) is 14.3 Å². The number of aryl methyl sites for hydroxylation is 1. The number of nitrogens with one attached hydrogen (secondary N) is 3. The Morgan fingerprint density at radius 3 is 2.33 bits per heavy atom. The average molecular weight is 782 g/mol. The molecule has 3 aliphatic rings. The highest BCUT2D eigenvalue weighted by atomic mass is 16.2. The SMILES string of the molecule is C=C(N)c1cnc2c(NC)cc(Nc3cccc(CN4CCN(c5ccc(-c6ccc7c(c6)n(C)c(=O)n7C6CCC(=O)NC6=O)cc5)CC4)c3)nn12.C[C@@H]1C[C@@H]1C. The summed E-state index contributed by atoms with van der Waals surface area (Å²) >= 11 is 0. The molecule has 1 unspecified atom stereocenters. The zero-order valence-corrected chi connectivity index (χ0v) is 33.5. The normalized spacial score (nSPS) is 19.4. The monoisotopic (exact) mass is 781 g/mol. The molecule has 9 rings (SSSR count). The minimum atomic E-state index is -0.705. The summed E-state index contributed by atoms with van der Waals surface area (Å²) in [6.07, 6.45) is 3.66. The molecule has 0 bridgehead atoms. The molecule has 1 aliphatic carbocycles. The number of anilines is 4. The molecular formula is C44H51N11O3. The van der Waals surface area contributed by atoms with E-state index in [2.05, 4.69) is 93.6 Å². The number of piperidine rings is 1. The minimum absolute atomic E-state index is 0.210. The highest BCUT2D eigenvalue weighted by Gasteiger charge is 2.31. The summed E-state index contributed by atoms with van der Waals surface area (Å²) in [5, 5.41) is 13.7. The Morgan fingerprint density at radius 2 is 1.66 bits per heavy atom. The van der Waals surface area contributed by atoms with Crippen LogP contribution in [0.2, 0.25) is 0 Å². The first-order valence-corrected chi connectivity index (χ1v) is 20.0.